The smallest absolute Gasteiger partial charge is 0.136 e. The summed E-state index contributed by atoms with van der Waals surface area (Å²) >= 11 is 0. The van der Waals surface area contributed by atoms with Crippen molar-refractivity contribution in [2.24, 2.45) is 5.41 Å². The number of nitrogens with zero attached hydrogens (tertiary/aromatic N) is 1. The molecule has 0 saturated carbocycles. The first-order valence-electron chi connectivity index (χ1n) is 6.87. The summed E-state index contributed by atoms with van der Waals surface area (Å²) in [5.74, 6) is 0.742. The number of hydrogen-bond donors (Lipinski definition) is 1. The number of benzene rings is 1. The van der Waals surface area contributed by atoms with Crippen LogP contribution in [0.2, 0.25) is 0 Å². The Morgan fingerprint density at radius 2 is 1.85 bits per heavy atom. The largest absolute Gasteiger partial charge is 0.493 e. The molecule has 0 aliphatic carbocycles. The van der Waals surface area contributed by atoms with Gasteiger partial charge in [0.05, 0.1) is 12.3 Å². The van der Waals surface area contributed by atoms with Crippen molar-refractivity contribution in [2.45, 2.75) is 25.9 Å². The Hall–Kier alpha value is -1.87. The highest BCUT2D eigenvalue weighted by Crippen LogP contribution is 2.45. The molecule has 0 spiro atoms. The van der Waals surface area contributed by atoms with Crippen LogP contribution in [0.5, 0.6) is 5.75 Å². The van der Waals surface area contributed by atoms with E-state index in [1.165, 1.54) is 0 Å². The predicted octanol–water partition coefficient (Wildman–Crippen LogP) is 3.13. The van der Waals surface area contributed by atoms with Crippen molar-refractivity contribution in [3.05, 3.63) is 59.9 Å². The van der Waals surface area contributed by atoms with Crippen LogP contribution in [-0.4, -0.2) is 16.7 Å². The summed E-state index contributed by atoms with van der Waals surface area (Å²) < 4.78 is 5.89. The van der Waals surface area contributed by atoms with Crippen LogP contribution in [0.15, 0.2) is 48.7 Å². The minimum absolute atomic E-state index is 0.134. The lowest BCUT2D eigenvalue weighted by Crippen LogP contribution is -2.34. The van der Waals surface area contributed by atoms with Crippen molar-refractivity contribution in [2.75, 3.05) is 6.61 Å². The van der Waals surface area contributed by atoms with Crippen LogP contribution in [0.25, 0.3) is 0 Å². The van der Waals surface area contributed by atoms with E-state index in [0.29, 0.717) is 18.7 Å². The van der Waals surface area contributed by atoms with Crippen LogP contribution in [0, 0.1) is 5.41 Å². The lowest BCUT2D eigenvalue weighted by molar-refractivity contribution is 0.0265. The Bertz CT molecular complexity index is 609. The van der Waals surface area contributed by atoms with Crippen LogP contribution < -0.4 is 4.74 Å². The SMILES string of the molecule is CC1(C)COc2ccccc2C(O)(c2ccccn2)C1. The van der Waals surface area contributed by atoms with Gasteiger partial charge < -0.3 is 9.84 Å². The second-order valence-electron chi connectivity index (χ2n) is 6.20. The first kappa shape index (κ1) is 13.1. The number of hydrogen-bond acceptors (Lipinski definition) is 3. The molecule has 1 aromatic heterocycles. The molecule has 0 bridgehead atoms. The van der Waals surface area contributed by atoms with Gasteiger partial charge in [-0.1, -0.05) is 38.1 Å². The molecule has 104 valence electrons. The molecule has 20 heavy (non-hydrogen) atoms. The van der Waals surface area contributed by atoms with E-state index in [9.17, 15) is 5.11 Å². The molecule has 2 heterocycles. The number of rotatable bonds is 1. The van der Waals surface area contributed by atoms with Gasteiger partial charge in [-0.2, -0.15) is 0 Å². The van der Waals surface area contributed by atoms with Gasteiger partial charge in [-0.25, -0.2) is 0 Å². The normalized spacial score (nSPS) is 24.4. The number of aliphatic hydroxyl groups is 1. The fourth-order valence-corrected chi connectivity index (χ4v) is 2.88. The summed E-state index contributed by atoms with van der Waals surface area (Å²) in [6.45, 7) is 4.79. The molecule has 1 aromatic carbocycles. The van der Waals surface area contributed by atoms with Gasteiger partial charge in [0.2, 0.25) is 0 Å². The van der Waals surface area contributed by atoms with Crippen molar-refractivity contribution >= 4 is 0 Å². The number of aromatic nitrogens is 1. The van der Waals surface area contributed by atoms with E-state index in [2.05, 4.69) is 18.8 Å². The predicted molar refractivity (Wildman–Crippen MR) is 77.6 cm³/mol. The minimum Gasteiger partial charge on any atom is -0.493 e. The standard InChI is InChI=1S/C17H19NO2/c1-16(2)11-17(19,15-9-5-6-10-18-15)13-7-3-4-8-14(13)20-12-16/h3-10,19H,11-12H2,1-2H3. The zero-order valence-corrected chi connectivity index (χ0v) is 11.8. The third-order valence-electron chi connectivity index (χ3n) is 3.77. The average molecular weight is 269 g/mol. The topological polar surface area (TPSA) is 42.4 Å². The molecule has 1 unspecified atom stereocenters. The maximum absolute atomic E-state index is 11.4. The van der Waals surface area contributed by atoms with Gasteiger partial charge >= 0.3 is 0 Å². The van der Waals surface area contributed by atoms with Crippen LogP contribution >= 0.6 is 0 Å². The molecule has 1 N–H and O–H groups in total. The number of pyridine rings is 1. The highest BCUT2D eigenvalue weighted by atomic mass is 16.5. The van der Waals surface area contributed by atoms with Gasteiger partial charge in [0.25, 0.3) is 0 Å². The van der Waals surface area contributed by atoms with E-state index in [1.807, 2.05) is 42.5 Å². The highest BCUT2D eigenvalue weighted by Gasteiger charge is 2.43. The molecule has 1 aliphatic heterocycles. The summed E-state index contributed by atoms with van der Waals surface area (Å²) in [6.07, 6.45) is 2.29. The third-order valence-corrected chi connectivity index (χ3v) is 3.77. The fourth-order valence-electron chi connectivity index (χ4n) is 2.88. The average Bonchev–Trinajstić information content (AvgIpc) is 2.56. The molecule has 3 rings (SSSR count). The van der Waals surface area contributed by atoms with Gasteiger partial charge in [0.15, 0.2) is 0 Å². The fraction of sp³-hybridized carbons (Fsp3) is 0.353. The van der Waals surface area contributed by atoms with E-state index < -0.39 is 5.60 Å². The van der Waals surface area contributed by atoms with E-state index in [0.717, 1.165) is 11.3 Å². The summed E-state index contributed by atoms with van der Waals surface area (Å²) in [5.41, 5.74) is 0.221. The lowest BCUT2D eigenvalue weighted by Gasteiger charge is -2.32. The zero-order valence-electron chi connectivity index (χ0n) is 11.8. The second-order valence-corrected chi connectivity index (χ2v) is 6.20. The molecule has 0 radical (unpaired) electrons. The van der Waals surface area contributed by atoms with Gasteiger partial charge in [-0.3, -0.25) is 4.98 Å². The molecule has 3 nitrogen and oxygen atoms in total. The van der Waals surface area contributed by atoms with Crippen molar-refractivity contribution in [1.29, 1.82) is 0 Å². The molecule has 3 heteroatoms. The Balaban J connectivity index is 2.20. The molecule has 1 aliphatic rings. The Morgan fingerprint density at radius 3 is 2.60 bits per heavy atom. The molecule has 0 amide bonds. The first-order chi connectivity index (χ1) is 9.51. The van der Waals surface area contributed by atoms with Crippen LogP contribution in [0.1, 0.15) is 31.5 Å². The van der Waals surface area contributed by atoms with Crippen molar-refractivity contribution < 1.29 is 9.84 Å². The molecular formula is C17H19NO2. The quantitative estimate of drug-likeness (QED) is 0.865. The third kappa shape index (κ3) is 2.18. The molecule has 0 saturated heterocycles. The molecule has 0 fully saturated rings. The minimum atomic E-state index is -1.11. The van der Waals surface area contributed by atoms with Crippen molar-refractivity contribution in [1.82, 2.24) is 4.98 Å². The Labute approximate surface area is 119 Å². The lowest BCUT2D eigenvalue weighted by atomic mass is 9.76. The van der Waals surface area contributed by atoms with E-state index >= 15 is 0 Å². The molecule has 2 aromatic rings. The van der Waals surface area contributed by atoms with Gasteiger partial charge in [-0.05, 0) is 24.6 Å². The van der Waals surface area contributed by atoms with Crippen molar-refractivity contribution in [3.8, 4) is 5.75 Å². The van der Waals surface area contributed by atoms with E-state index in [-0.39, 0.29) is 5.41 Å². The van der Waals surface area contributed by atoms with Gasteiger partial charge in [-0.15, -0.1) is 0 Å². The van der Waals surface area contributed by atoms with Gasteiger partial charge in [0, 0.05) is 17.2 Å². The maximum Gasteiger partial charge on any atom is 0.136 e. The summed E-state index contributed by atoms with van der Waals surface area (Å²) in [6, 6.07) is 13.3. The zero-order chi connectivity index (χ0) is 14.2. The molecule has 1 atom stereocenters. The monoisotopic (exact) mass is 269 g/mol. The van der Waals surface area contributed by atoms with Crippen LogP contribution in [0.4, 0.5) is 0 Å². The van der Waals surface area contributed by atoms with E-state index in [1.54, 1.807) is 6.20 Å². The summed E-state index contributed by atoms with van der Waals surface area (Å²) in [7, 11) is 0. The number of ether oxygens (including phenoxy) is 1. The molecular weight excluding hydrogens is 250 g/mol. The maximum atomic E-state index is 11.4. The summed E-state index contributed by atoms with van der Waals surface area (Å²) in [4.78, 5) is 4.37. The van der Waals surface area contributed by atoms with E-state index in [4.69, 9.17) is 4.74 Å². The van der Waals surface area contributed by atoms with Crippen LogP contribution in [0.3, 0.4) is 0 Å². The Kier molecular flexibility index (Phi) is 3.02. The Morgan fingerprint density at radius 1 is 1.10 bits per heavy atom. The van der Waals surface area contributed by atoms with Crippen molar-refractivity contribution in [3.63, 3.8) is 0 Å². The number of fused-ring (bicyclic) bond motifs is 1. The summed E-state index contributed by atoms with van der Waals surface area (Å²) in [5, 5.41) is 11.4. The first-order valence-corrected chi connectivity index (χ1v) is 6.87. The van der Waals surface area contributed by atoms with Crippen LogP contribution in [-0.2, 0) is 5.60 Å². The highest BCUT2D eigenvalue weighted by molar-refractivity contribution is 5.44. The second kappa shape index (κ2) is 4.60. The van der Waals surface area contributed by atoms with Gasteiger partial charge in [0.1, 0.15) is 11.4 Å². The number of para-hydroxylation sites is 1.